The van der Waals surface area contributed by atoms with E-state index in [0.717, 1.165) is 11.1 Å². The van der Waals surface area contributed by atoms with Crippen molar-refractivity contribution in [2.75, 3.05) is 6.54 Å². The third-order valence-electron chi connectivity index (χ3n) is 4.49. The number of carbonyl (C=O) groups is 2. The summed E-state index contributed by atoms with van der Waals surface area (Å²) in [4.78, 5) is 30.3. The number of pyridine rings is 1. The molecule has 8 nitrogen and oxygen atoms in total. The van der Waals surface area contributed by atoms with Crippen molar-refractivity contribution in [3.05, 3.63) is 53.9 Å². The van der Waals surface area contributed by atoms with E-state index in [-0.39, 0.29) is 24.2 Å². The Morgan fingerprint density at radius 1 is 1.15 bits per heavy atom. The zero-order chi connectivity index (χ0) is 17.9. The van der Waals surface area contributed by atoms with Gasteiger partial charge in [-0.05, 0) is 45.7 Å². The zero-order valence-corrected chi connectivity index (χ0v) is 14.0. The highest BCUT2D eigenvalue weighted by Gasteiger charge is 2.34. The first kappa shape index (κ1) is 16.2. The van der Waals surface area contributed by atoms with E-state index in [1.165, 1.54) is 0 Å². The maximum Gasteiger partial charge on any atom is 0.225 e. The topological polar surface area (TPSA) is 101 Å². The Bertz CT molecular complexity index is 940. The Balaban J connectivity index is 1.34. The lowest BCUT2D eigenvalue weighted by Gasteiger charge is -2.16. The van der Waals surface area contributed by atoms with E-state index in [2.05, 4.69) is 25.2 Å². The number of nitrogens with one attached hydrogen (secondary N) is 1. The maximum atomic E-state index is 12.4. The fourth-order valence-electron chi connectivity index (χ4n) is 3.08. The number of amides is 2. The van der Waals surface area contributed by atoms with E-state index in [1.807, 2.05) is 24.3 Å². The summed E-state index contributed by atoms with van der Waals surface area (Å²) in [6.45, 7) is 1.30. The summed E-state index contributed by atoms with van der Waals surface area (Å²) in [5.74, 6) is -0.451. The van der Waals surface area contributed by atoms with Crippen LogP contribution in [0, 0.1) is 5.92 Å². The lowest BCUT2D eigenvalue weighted by atomic mass is 10.1. The number of hydrogen-bond donors (Lipinski definition) is 1. The quantitative estimate of drug-likeness (QED) is 0.743. The van der Waals surface area contributed by atoms with E-state index >= 15 is 0 Å². The average Bonchev–Trinajstić information content (AvgIpc) is 3.27. The molecule has 1 fully saturated rings. The lowest BCUT2D eigenvalue weighted by molar-refractivity contribution is -0.129. The molecule has 1 aliphatic rings. The molecule has 8 heteroatoms. The highest BCUT2D eigenvalue weighted by Crippen LogP contribution is 2.20. The van der Waals surface area contributed by atoms with Crippen LogP contribution in [-0.2, 0) is 22.7 Å². The molecule has 0 radical (unpaired) electrons. The molecule has 3 heterocycles. The number of rotatable bonds is 5. The van der Waals surface area contributed by atoms with Gasteiger partial charge in [0.25, 0.3) is 0 Å². The maximum absolute atomic E-state index is 12.4. The molecule has 1 atom stereocenters. The van der Waals surface area contributed by atoms with Gasteiger partial charge in [0.1, 0.15) is 11.0 Å². The smallest absolute Gasteiger partial charge is 0.225 e. The highest BCUT2D eigenvalue weighted by atomic mass is 16.6. The number of aromatic nitrogens is 3. The second-order valence-corrected chi connectivity index (χ2v) is 6.34. The standard InChI is InChI=1S/C18H17N5O3/c24-17-8-14(11-23(17)10-12-3-5-19-6-4-12)18(25)20-9-13-1-2-15-16(7-13)22-26-21-15/h1-7,14H,8-11H2,(H,20,25)/t14-/m0/s1. The lowest BCUT2D eigenvalue weighted by Crippen LogP contribution is -2.32. The molecular formula is C18H17N5O3. The molecule has 0 aliphatic carbocycles. The van der Waals surface area contributed by atoms with Gasteiger partial charge in [-0.15, -0.1) is 0 Å². The van der Waals surface area contributed by atoms with Gasteiger partial charge in [0, 0.05) is 38.4 Å². The van der Waals surface area contributed by atoms with Crippen LogP contribution >= 0.6 is 0 Å². The van der Waals surface area contributed by atoms with Crippen molar-refractivity contribution in [3.63, 3.8) is 0 Å². The summed E-state index contributed by atoms with van der Waals surface area (Å²) >= 11 is 0. The van der Waals surface area contributed by atoms with Gasteiger partial charge in [0.2, 0.25) is 11.8 Å². The summed E-state index contributed by atoms with van der Waals surface area (Å²) < 4.78 is 4.66. The van der Waals surface area contributed by atoms with Crippen LogP contribution in [0.4, 0.5) is 0 Å². The summed E-state index contributed by atoms with van der Waals surface area (Å²) in [5, 5.41) is 10.4. The fraction of sp³-hybridized carbons (Fsp3) is 0.278. The van der Waals surface area contributed by atoms with Gasteiger partial charge in [0.15, 0.2) is 0 Å². The molecule has 1 aromatic carbocycles. The van der Waals surface area contributed by atoms with Crippen LogP contribution < -0.4 is 5.32 Å². The first-order chi connectivity index (χ1) is 12.7. The minimum Gasteiger partial charge on any atom is -0.352 e. The molecule has 1 aliphatic heterocycles. The monoisotopic (exact) mass is 351 g/mol. The van der Waals surface area contributed by atoms with Crippen molar-refractivity contribution < 1.29 is 14.2 Å². The van der Waals surface area contributed by atoms with Gasteiger partial charge in [-0.25, -0.2) is 4.63 Å². The van der Waals surface area contributed by atoms with Crippen molar-refractivity contribution in [1.82, 2.24) is 25.5 Å². The molecule has 0 saturated carbocycles. The number of carbonyl (C=O) groups excluding carboxylic acids is 2. The first-order valence-corrected chi connectivity index (χ1v) is 8.34. The van der Waals surface area contributed by atoms with Crippen LogP contribution in [0.5, 0.6) is 0 Å². The molecule has 2 amide bonds. The molecule has 0 unspecified atom stereocenters. The number of nitrogens with zero attached hydrogens (tertiary/aromatic N) is 4. The van der Waals surface area contributed by atoms with Crippen LogP contribution in [0.25, 0.3) is 11.0 Å². The third kappa shape index (κ3) is 3.39. The van der Waals surface area contributed by atoms with E-state index < -0.39 is 0 Å². The molecule has 3 aromatic rings. The molecule has 26 heavy (non-hydrogen) atoms. The fourth-order valence-corrected chi connectivity index (χ4v) is 3.08. The van der Waals surface area contributed by atoms with Gasteiger partial charge < -0.3 is 10.2 Å². The van der Waals surface area contributed by atoms with E-state index in [0.29, 0.717) is 30.7 Å². The molecule has 2 aromatic heterocycles. The first-order valence-electron chi connectivity index (χ1n) is 8.34. The molecule has 132 valence electrons. The van der Waals surface area contributed by atoms with Crippen LogP contribution in [0.1, 0.15) is 17.5 Å². The van der Waals surface area contributed by atoms with Crippen molar-refractivity contribution >= 4 is 22.8 Å². The van der Waals surface area contributed by atoms with Crippen molar-refractivity contribution in [3.8, 4) is 0 Å². The molecule has 0 spiro atoms. The molecule has 4 rings (SSSR count). The number of hydrogen-bond acceptors (Lipinski definition) is 6. The zero-order valence-electron chi connectivity index (χ0n) is 14.0. The van der Waals surface area contributed by atoms with Crippen LogP contribution in [0.15, 0.2) is 47.4 Å². The highest BCUT2D eigenvalue weighted by molar-refractivity contribution is 5.89. The van der Waals surface area contributed by atoms with E-state index in [9.17, 15) is 9.59 Å². The Morgan fingerprint density at radius 2 is 1.96 bits per heavy atom. The van der Waals surface area contributed by atoms with Gasteiger partial charge in [0.05, 0.1) is 5.92 Å². The Morgan fingerprint density at radius 3 is 2.81 bits per heavy atom. The normalized spacial score (nSPS) is 17.0. The summed E-state index contributed by atoms with van der Waals surface area (Å²) in [6, 6.07) is 9.22. The number of benzene rings is 1. The SMILES string of the molecule is O=C(NCc1ccc2nonc2c1)[C@H]1CC(=O)N(Cc2ccncc2)C1. The minimum atomic E-state index is -0.332. The predicted molar refractivity (Wildman–Crippen MR) is 91.4 cm³/mol. The minimum absolute atomic E-state index is 0.00273. The molecular weight excluding hydrogens is 334 g/mol. The van der Waals surface area contributed by atoms with Gasteiger partial charge >= 0.3 is 0 Å². The van der Waals surface area contributed by atoms with Gasteiger partial charge in [-0.1, -0.05) is 6.07 Å². The molecule has 1 N–H and O–H groups in total. The largest absolute Gasteiger partial charge is 0.352 e. The number of fused-ring (bicyclic) bond motifs is 1. The van der Waals surface area contributed by atoms with Crippen molar-refractivity contribution in [2.45, 2.75) is 19.5 Å². The Kier molecular flexibility index (Phi) is 4.30. The van der Waals surface area contributed by atoms with Gasteiger partial charge in [-0.3, -0.25) is 14.6 Å². The van der Waals surface area contributed by atoms with Crippen molar-refractivity contribution in [1.29, 1.82) is 0 Å². The predicted octanol–water partition coefficient (Wildman–Crippen LogP) is 1.28. The summed E-state index contributed by atoms with van der Waals surface area (Å²) in [7, 11) is 0. The van der Waals surface area contributed by atoms with Gasteiger partial charge in [-0.2, -0.15) is 0 Å². The molecule has 1 saturated heterocycles. The Hall–Kier alpha value is -3.29. The van der Waals surface area contributed by atoms with Crippen molar-refractivity contribution in [2.24, 2.45) is 5.92 Å². The third-order valence-corrected chi connectivity index (χ3v) is 4.49. The Labute approximate surface area is 149 Å². The molecule has 0 bridgehead atoms. The van der Waals surface area contributed by atoms with Crippen LogP contribution in [-0.4, -0.2) is 38.6 Å². The second-order valence-electron chi connectivity index (χ2n) is 6.34. The second kappa shape index (κ2) is 6.91. The van der Waals surface area contributed by atoms with Crippen LogP contribution in [0.2, 0.25) is 0 Å². The summed E-state index contributed by atoms with van der Waals surface area (Å²) in [6.07, 6.45) is 3.63. The van der Waals surface area contributed by atoms with E-state index in [4.69, 9.17) is 0 Å². The number of likely N-dealkylation sites (tertiary alicyclic amines) is 1. The average molecular weight is 351 g/mol. The van der Waals surface area contributed by atoms with Crippen LogP contribution in [0.3, 0.4) is 0 Å². The van der Waals surface area contributed by atoms with E-state index in [1.54, 1.807) is 23.4 Å². The summed E-state index contributed by atoms with van der Waals surface area (Å²) in [5.41, 5.74) is 3.23.